The maximum atomic E-state index is 13.3. The lowest BCUT2D eigenvalue weighted by atomic mass is 10.0. The van der Waals surface area contributed by atoms with Crippen LogP contribution in [0, 0.1) is 0 Å². The molecule has 0 spiro atoms. The van der Waals surface area contributed by atoms with Gasteiger partial charge in [-0.1, -0.05) is 58.6 Å². The number of aromatic nitrogens is 4. The molecule has 5 rings (SSSR count). The number of hydrogen-bond donors (Lipinski definition) is 4. The topological polar surface area (TPSA) is 223 Å². The molecule has 0 saturated carbocycles. The van der Waals surface area contributed by atoms with E-state index in [-0.39, 0.29) is 22.2 Å². The van der Waals surface area contributed by atoms with Crippen LogP contribution in [0.5, 0.6) is 0 Å². The van der Waals surface area contributed by atoms with Crippen LogP contribution in [0.2, 0.25) is 0 Å². The highest BCUT2D eigenvalue weighted by atomic mass is 32.2. The van der Waals surface area contributed by atoms with Gasteiger partial charge in [0.05, 0.1) is 0 Å². The Kier molecular flexibility index (Phi) is 8.47. The predicted octanol–water partition coefficient (Wildman–Crippen LogP) is 1.05. The number of thioether (sulfide) groups is 2. The number of amides is 2. The summed E-state index contributed by atoms with van der Waals surface area (Å²) in [7, 11) is 0. The molecular formula is C22H18N8O7S4. The molecule has 2 aliphatic heterocycles. The van der Waals surface area contributed by atoms with Crippen molar-refractivity contribution in [3.8, 4) is 0 Å². The standard InChI is InChI=1S/C22H18N8O7S4/c23-21-26-15(29-41-21)11(28-37-14(20(35)36)9-4-2-1-3-5-9)16(31)25-12-17(32)30-13(19(33)34)10(6-38-18(12)30)7-39-22-27-24-8-40-22/h1-5,8,12,14,18H,6-7H2,(H,25,31)(H,33,34)(H,35,36)(H2,23,26,29)/t12?,14?,18-/m1/s1. The maximum absolute atomic E-state index is 13.3. The molecule has 15 nitrogen and oxygen atoms in total. The van der Waals surface area contributed by atoms with E-state index in [2.05, 4.69) is 30.0 Å². The second-order valence-electron chi connectivity index (χ2n) is 8.24. The second-order valence-corrected chi connectivity index (χ2v) is 12.2. The van der Waals surface area contributed by atoms with Gasteiger partial charge in [0.15, 0.2) is 9.47 Å². The summed E-state index contributed by atoms with van der Waals surface area (Å²) in [6.45, 7) is 0. The van der Waals surface area contributed by atoms with Crippen molar-refractivity contribution in [2.45, 2.75) is 21.9 Å². The number of carboxylic acids is 2. The fourth-order valence-corrected chi connectivity index (χ4v) is 7.28. The van der Waals surface area contributed by atoms with Crippen molar-refractivity contribution in [2.24, 2.45) is 5.16 Å². The van der Waals surface area contributed by atoms with E-state index in [4.69, 9.17) is 10.6 Å². The summed E-state index contributed by atoms with van der Waals surface area (Å²) in [5.74, 6) is -3.82. The van der Waals surface area contributed by atoms with E-state index in [1.165, 1.54) is 47.0 Å². The van der Waals surface area contributed by atoms with Gasteiger partial charge in [-0.25, -0.2) is 9.59 Å². The van der Waals surface area contributed by atoms with Crippen molar-refractivity contribution in [3.63, 3.8) is 0 Å². The molecule has 2 aliphatic rings. The number of β-lactam (4-membered cyclic amide) rings is 1. The number of oxime groups is 1. The Morgan fingerprint density at radius 2 is 2.05 bits per heavy atom. The number of fused-ring (bicyclic) bond motifs is 1. The molecular weight excluding hydrogens is 617 g/mol. The molecule has 19 heteroatoms. The minimum Gasteiger partial charge on any atom is -0.478 e. The number of aliphatic carboxylic acids is 2. The minimum atomic E-state index is -1.55. The number of nitrogen functional groups attached to an aromatic ring is 1. The molecule has 2 amide bonds. The highest BCUT2D eigenvalue weighted by molar-refractivity contribution is 8.01. The van der Waals surface area contributed by atoms with Crippen molar-refractivity contribution in [2.75, 3.05) is 17.2 Å². The van der Waals surface area contributed by atoms with Crippen LogP contribution in [-0.4, -0.2) is 87.1 Å². The third kappa shape index (κ3) is 6.01. The zero-order chi connectivity index (χ0) is 29.1. The molecule has 3 aromatic rings. The first kappa shape index (κ1) is 28.5. The first-order valence-electron chi connectivity index (χ1n) is 11.5. The highest BCUT2D eigenvalue weighted by Gasteiger charge is 2.54. The van der Waals surface area contributed by atoms with E-state index in [0.29, 0.717) is 21.4 Å². The van der Waals surface area contributed by atoms with Crippen LogP contribution >= 0.6 is 46.4 Å². The fraction of sp³-hybridized carbons (Fsp3) is 0.227. The van der Waals surface area contributed by atoms with Gasteiger partial charge < -0.3 is 26.1 Å². The molecule has 3 atom stereocenters. The average Bonchev–Trinajstić information content (AvgIpc) is 3.64. The van der Waals surface area contributed by atoms with E-state index < -0.39 is 47.0 Å². The van der Waals surface area contributed by atoms with Gasteiger partial charge in [-0.3, -0.25) is 14.5 Å². The highest BCUT2D eigenvalue weighted by Crippen LogP contribution is 2.41. The number of carbonyl (C=O) groups is 4. The molecule has 5 N–H and O–H groups in total. The van der Waals surface area contributed by atoms with Gasteiger partial charge >= 0.3 is 11.9 Å². The molecule has 2 aromatic heterocycles. The number of nitrogens with one attached hydrogen (secondary N) is 1. The monoisotopic (exact) mass is 634 g/mol. The Morgan fingerprint density at radius 1 is 1.27 bits per heavy atom. The summed E-state index contributed by atoms with van der Waals surface area (Å²) >= 11 is 4.70. The van der Waals surface area contributed by atoms with E-state index in [9.17, 15) is 29.4 Å². The van der Waals surface area contributed by atoms with Crippen molar-refractivity contribution < 1.29 is 34.2 Å². The zero-order valence-corrected chi connectivity index (χ0v) is 23.7. The lowest BCUT2D eigenvalue weighted by Crippen LogP contribution is -2.71. The van der Waals surface area contributed by atoms with Crippen LogP contribution in [0.25, 0.3) is 0 Å². The second kappa shape index (κ2) is 12.2. The van der Waals surface area contributed by atoms with Crippen molar-refractivity contribution in [1.29, 1.82) is 0 Å². The Hall–Kier alpha value is -4.07. The molecule has 212 valence electrons. The third-order valence-electron chi connectivity index (χ3n) is 5.69. The van der Waals surface area contributed by atoms with Gasteiger partial charge in [-0.15, -0.1) is 22.0 Å². The number of benzene rings is 1. The van der Waals surface area contributed by atoms with Crippen molar-refractivity contribution in [3.05, 3.63) is 58.5 Å². The molecule has 2 unspecified atom stereocenters. The van der Waals surface area contributed by atoms with E-state index in [1.807, 2.05) is 0 Å². The predicted molar refractivity (Wildman–Crippen MR) is 149 cm³/mol. The number of hydrogen-bond acceptors (Lipinski definition) is 15. The van der Waals surface area contributed by atoms with E-state index in [0.717, 1.165) is 16.4 Å². The first-order chi connectivity index (χ1) is 19.7. The van der Waals surface area contributed by atoms with Gasteiger partial charge in [0.25, 0.3) is 11.8 Å². The van der Waals surface area contributed by atoms with Crippen LogP contribution in [0.4, 0.5) is 5.13 Å². The Labute approximate surface area is 247 Å². The van der Waals surface area contributed by atoms with Gasteiger partial charge in [0.1, 0.15) is 22.6 Å². The molecule has 1 fully saturated rings. The summed E-state index contributed by atoms with van der Waals surface area (Å²) in [6.07, 6.45) is -1.55. The number of rotatable bonds is 11. The van der Waals surface area contributed by atoms with Gasteiger partial charge in [0.2, 0.25) is 17.6 Å². The average molecular weight is 635 g/mol. The molecule has 1 aromatic carbocycles. The minimum absolute atomic E-state index is 0.0160. The van der Waals surface area contributed by atoms with Gasteiger partial charge in [-0.05, 0) is 5.57 Å². The van der Waals surface area contributed by atoms with Gasteiger partial charge in [-0.2, -0.15) is 9.36 Å². The number of nitrogens with two attached hydrogens (primary N) is 1. The Balaban J connectivity index is 1.34. The lowest BCUT2D eigenvalue weighted by molar-refractivity contribution is -0.151. The maximum Gasteiger partial charge on any atom is 0.352 e. The van der Waals surface area contributed by atoms with Crippen LogP contribution in [0.1, 0.15) is 17.5 Å². The van der Waals surface area contributed by atoms with Crippen LogP contribution in [0.3, 0.4) is 0 Å². The summed E-state index contributed by atoms with van der Waals surface area (Å²) in [5, 5.41) is 32.8. The summed E-state index contributed by atoms with van der Waals surface area (Å²) in [6, 6.07) is 6.87. The quantitative estimate of drug-likeness (QED) is 0.100. The molecule has 0 bridgehead atoms. The van der Waals surface area contributed by atoms with E-state index in [1.54, 1.807) is 23.7 Å². The van der Waals surface area contributed by atoms with Crippen molar-refractivity contribution in [1.82, 2.24) is 29.8 Å². The van der Waals surface area contributed by atoms with Crippen molar-refractivity contribution >= 4 is 81.0 Å². The first-order valence-corrected chi connectivity index (χ1v) is 15.1. The molecule has 4 heterocycles. The molecule has 0 radical (unpaired) electrons. The van der Waals surface area contributed by atoms with Crippen LogP contribution in [0.15, 0.2) is 56.6 Å². The Morgan fingerprint density at radius 3 is 2.68 bits per heavy atom. The molecule has 0 aliphatic carbocycles. The summed E-state index contributed by atoms with van der Waals surface area (Å²) in [4.78, 5) is 60.7. The molecule has 41 heavy (non-hydrogen) atoms. The van der Waals surface area contributed by atoms with E-state index >= 15 is 0 Å². The lowest BCUT2D eigenvalue weighted by Gasteiger charge is -2.49. The number of carbonyl (C=O) groups excluding carboxylic acids is 2. The van der Waals surface area contributed by atoms with Crippen LogP contribution < -0.4 is 11.1 Å². The number of carboxylic acid groups (broad SMARTS) is 2. The third-order valence-corrected chi connectivity index (χ3v) is 9.52. The largest absolute Gasteiger partial charge is 0.478 e. The van der Waals surface area contributed by atoms with Crippen LogP contribution in [-0.2, 0) is 24.0 Å². The number of anilines is 1. The summed E-state index contributed by atoms with van der Waals surface area (Å²) in [5.41, 5.74) is 7.39. The number of nitrogens with zero attached hydrogens (tertiary/aromatic N) is 6. The smallest absolute Gasteiger partial charge is 0.352 e. The Bertz CT molecular complexity index is 1550. The fourth-order valence-electron chi connectivity index (χ4n) is 3.88. The molecule has 1 saturated heterocycles. The normalized spacial score (nSPS) is 19.3. The van der Waals surface area contributed by atoms with Gasteiger partial charge in [0, 0.05) is 28.6 Å². The zero-order valence-electron chi connectivity index (χ0n) is 20.4. The summed E-state index contributed by atoms with van der Waals surface area (Å²) < 4.78 is 4.62. The SMILES string of the molecule is Nc1nc(C(=NOC(C(=O)O)c2ccccc2)C(=O)NC2C(=O)N3C(C(=O)O)=C(CSc4nncs4)CS[C@H]23)ns1.